The van der Waals surface area contributed by atoms with Crippen molar-refractivity contribution >= 4 is 18.1 Å². The third kappa shape index (κ3) is 6.42. The fourth-order valence-corrected chi connectivity index (χ4v) is 3.32. The number of para-hydroxylation sites is 1. The number of anilines is 1. The summed E-state index contributed by atoms with van der Waals surface area (Å²) in [6.07, 6.45) is -0.469. The number of hydrogen-bond acceptors (Lipinski definition) is 4. The number of β-amino-alcohol motifs (C(OH)–C–C–N with tert-alkyl or cyclic N) is 1. The van der Waals surface area contributed by atoms with Crippen LogP contribution in [0.5, 0.6) is 5.75 Å². The molecule has 1 N–H and O–H groups in total. The Balaban J connectivity index is 0.00000261. The van der Waals surface area contributed by atoms with E-state index in [-0.39, 0.29) is 12.4 Å². The van der Waals surface area contributed by atoms with E-state index in [0.717, 1.165) is 31.9 Å². The zero-order chi connectivity index (χ0) is 18.4. The zero-order valence-corrected chi connectivity index (χ0v) is 17.1. The second kappa shape index (κ2) is 10.5. The average molecular weight is 391 g/mol. The minimum atomic E-state index is -0.469. The van der Waals surface area contributed by atoms with E-state index in [0.29, 0.717) is 19.1 Å². The number of hydrogen-bond donors (Lipinski definition) is 1. The predicted octanol–water partition coefficient (Wildman–Crippen LogP) is 3.79. The van der Waals surface area contributed by atoms with E-state index in [9.17, 15) is 5.11 Å². The van der Waals surface area contributed by atoms with Crippen LogP contribution in [0.2, 0.25) is 0 Å². The summed E-state index contributed by atoms with van der Waals surface area (Å²) in [7, 11) is 0. The standard InChI is InChI=1S/C22H30N2O2.ClH/c1-18(2)19-8-10-22(11-9-19)26-17-21(25)16-23-12-14-24(15-13-23)20-6-4-3-5-7-20;/h3-11,18,21,25H,12-17H2,1-2H3;1H. The molecule has 1 aliphatic heterocycles. The van der Waals surface area contributed by atoms with E-state index in [1.54, 1.807) is 0 Å². The summed E-state index contributed by atoms with van der Waals surface area (Å²) in [5.74, 6) is 1.34. The summed E-state index contributed by atoms with van der Waals surface area (Å²) in [4.78, 5) is 4.71. The quantitative estimate of drug-likeness (QED) is 0.780. The molecule has 148 valence electrons. The molecule has 0 aliphatic carbocycles. The van der Waals surface area contributed by atoms with Crippen molar-refractivity contribution in [3.05, 3.63) is 60.2 Å². The largest absolute Gasteiger partial charge is 0.491 e. The lowest BCUT2D eigenvalue weighted by Crippen LogP contribution is -2.49. The highest BCUT2D eigenvalue weighted by Gasteiger charge is 2.19. The van der Waals surface area contributed by atoms with Gasteiger partial charge in [0.05, 0.1) is 0 Å². The number of halogens is 1. The van der Waals surface area contributed by atoms with Crippen LogP contribution in [0.4, 0.5) is 5.69 Å². The minimum absolute atomic E-state index is 0. The molecule has 4 nitrogen and oxygen atoms in total. The molecule has 1 unspecified atom stereocenters. The average Bonchev–Trinajstić information content (AvgIpc) is 2.68. The molecule has 27 heavy (non-hydrogen) atoms. The number of aliphatic hydroxyl groups excluding tert-OH is 1. The van der Waals surface area contributed by atoms with Gasteiger partial charge in [0.2, 0.25) is 0 Å². The first kappa shape index (κ1) is 21.5. The maximum absolute atomic E-state index is 10.3. The summed E-state index contributed by atoms with van der Waals surface area (Å²) in [5, 5.41) is 10.3. The third-order valence-electron chi connectivity index (χ3n) is 4.95. The lowest BCUT2D eigenvalue weighted by atomic mass is 10.0. The predicted molar refractivity (Wildman–Crippen MR) is 114 cm³/mol. The lowest BCUT2D eigenvalue weighted by molar-refractivity contribution is 0.0663. The molecule has 1 heterocycles. The third-order valence-corrected chi connectivity index (χ3v) is 4.95. The highest BCUT2D eigenvalue weighted by molar-refractivity contribution is 5.85. The first-order chi connectivity index (χ1) is 12.6. The molecule has 2 aromatic carbocycles. The number of piperazine rings is 1. The molecular weight excluding hydrogens is 360 g/mol. The summed E-state index contributed by atoms with van der Waals surface area (Å²) < 4.78 is 5.75. The van der Waals surface area contributed by atoms with Gasteiger partial charge in [-0.05, 0) is 35.7 Å². The minimum Gasteiger partial charge on any atom is -0.491 e. The van der Waals surface area contributed by atoms with Crippen molar-refractivity contribution in [1.29, 1.82) is 0 Å². The van der Waals surface area contributed by atoms with Crippen LogP contribution in [0.25, 0.3) is 0 Å². The highest BCUT2D eigenvalue weighted by atomic mass is 35.5. The second-order valence-corrected chi connectivity index (χ2v) is 7.31. The Bertz CT molecular complexity index is 656. The molecular formula is C22H31ClN2O2. The van der Waals surface area contributed by atoms with Gasteiger partial charge in [0.1, 0.15) is 18.5 Å². The number of benzene rings is 2. The van der Waals surface area contributed by atoms with Gasteiger partial charge in [-0.2, -0.15) is 0 Å². The molecule has 1 saturated heterocycles. The van der Waals surface area contributed by atoms with Crippen molar-refractivity contribution in [3.63, 3.8) is 0 Å². The molecule has 1 atom stereocenters. The summed E-state index contributed by atoms with van der Waals surface area (Å²) in [5.41, 5.74) is 2.58. The summed E-state index contributed by atoms with van der Waals surface area (Å²) >= 11 is 0. The highest BCUT2D eigenvalue weighted by Crippen LogP contribution is 2.19. The fraction of sp³-hybridized carbons (Fsp3) is 0.455. The topological polar surface area (TPSA) is 35.9 Å². The van der Waals surface area contributed by atoms with Gasteiger partial charge in [-0.25, -0.2) is 0 Å². The number of aliphatic hydroxyl groups is 1. The Morgan fingerprint density at radius 3 is 2.15 bits per heavy atom. The molecule has 2 aromatic rings. The Labute approximate surface area is 169 Å². The molecule has 5 heteroatoms. The summed E-state index contributed by atoms with van der Waals surface area (Å²) in [6, 6.07) is 18.7. The van der Waals surface area contributed by atoms with Crippen LogP contribution in [0.15, 0.2) is 54.6 Å². The van der Waals surface area contributed by atoms with Crippen molar-refractivity contribution in [2.75, 3.05) is 44.2 Å². The van der Waals surface area contributed by atoms with Crippen molar-refractivity contribution < 1.29 is 9.84 Å². The van der Waals surface area contributed by atoms with Crippen LogP contribution in [-0.2, 0) is 0 Å². The molecule has 0 amide bonds. The monoisotopic (exact) mass is 390 g/mol. The van der Waals surface area contributed by atoms with Gasteiger partial charge in [-0.1, -0.05) is 44.2 Å². The van der Waals surface area contributed by atoms with Crippen molar-refractivity contribution in [2.24, 2.45) is 0 Å². The SMILES string of the molecule is CC(C)c1ccc(OCC(O)CN2CCN(c3ccccc3)CC2)cc1.Cl. The van der Waals surface area contributed by atoms with Crippen LogP contribution in [0, 0.1) is 0 Å². The fourth-order valence-electron chi connectivity index (χ4n) is 3.32. The molecule has 0 saturated carbocycles. The Kier molecular flexibility index (Phi) is 8.42. The smallest absolute Gasteiger partial charge is 0.119 e. The van der Waals surface area contributed by atoms with E-state index in [2.05, 4.69) is 60.0 Å². The van der Waals surface area contributed by atoms with Gasteiger partial charge in [-0.15, -0.1) is 12.4 Å². The number of rotatable bonds is 7. The number of nitrogens with zero attached hydrogens (tertiary/aromatic N) is 2. The van der Waals surface area contributed by atoms with Gasteiger partial charge in [-0.3, -0.25) is 4.90 Å². The Hall–Kier alpha value is -1.75. The second-order valence-electron chi connectivity index (χ2n) is 7.31. The van der Waals surface area contributed by atoms with Crippen LogP contribution in [0.3, 0.4) is 0 Å². The van der Waals surface area contributed by atoms with E-state index < -0.39 is 6.10 Å². The van der Waals surface area contributed by atoms with E-state index in [4.69, 9.17) is 4.74 Å². The first-order valence-electron chi connectivity index (χ1n) is 9.55. The van der Waals surface area contributed by atoms with Crippen molar-refractivity contribution in [2.45, 2.75) is 25.9 Å². The zero-order valence-electron chi connectivity index (χ0n) is 16.3. The van der Waals surface area contributed by atoms with Crippen LogP contribution in [0.1, 0.15) is 25.3 Å². The molecule has 1 fully saturated rings. The van der Waals surface area contributed by atoms with Crippen molar-refractivity contribution in [3.8, 4) is 5.75 Å². The first-order valence-corrected chi connectivity index (χ1v) is 9.55. The van der Waals surface area contributed by atoms with Crippen LogP contribution < -0.4 is 9.64 Å². The molecule has 3 rings (SSSR count). The molecule has 0 aromatic heterocycles. The Morgan fingerprint density at radius 1 is 0.926 bits per heavy atom. The Morgan fingerprint density at radius 2 is 1.56 bits per heavy atom. The van der Waals surface area contributed by atoms with E-state index in [1.807, 2.05) is 18.2 Å². The van der Waals surface area contributed by atoms with Gasteiger partial charge in [0, 0.05) is 38.4 Å². The summed E-state index contributed by atoms with van der Waals surface area (Å²) in [6.45, 7) is 9.27. The maximum atomic E-state index is 10.3. The van der Waals surface area contributed by atoms with Crippen LogP contribution >= 0.6 is 12.4 Å². The normalized spacial score (nSPS) is 16.1. The van der Waals surface area contributed by atoms with Crippen molar-refractivity contribution in [1.82, 2.24) is 4.90 Å². The van der Waals surface area contributed by atoms with Gasteiger partial charge < -0.3 is 14.7 Å². The van der Waals surface area contributed by atoms with Crippen LogP contribution in [-0.4, -0.2) is 55.4 Å². The van der Waals surface area contributed by atoms with Gasteiger partial charge in [0.15, 0.2) is 0 Å². The number of ether oxygens (including phenoxy) is 1. The van der Waals surface area contributed by atoms with E-state index >= 15 is 0 Å². The lowest BCUT2D eigenvalue weighted by Gasteiger charge is -2.36. The van der Waals surface area contributed by atoms with Gasteiger partial charge in [0.25, 0.3) is 0 Å². The molecule has 0 radical (unpaired) electrons. The molecule has 0 bridgehead atoms. The van der Waals surface area contributed by atoms with E-state index in [1.165, 1.54) is 11.3 Å². The molecule has 0 spiro atoms. The van der Waals surface area contributed by atoms with Gasteiger partial charge >= 0.3 is 0 Å². The maximum Gasteiger partial charge on any atom is 0.119 e. The molecule has 1 aliphatic rings.